The van der Waals surface area contributed by atoms with Crippen molar-refractivity contribution in [1.82, 2.24) is 5.06 Å². The van der Waals surface area contributed by atoms with Gasteiger partial charge in [-0.2, -0.15) is 9.57 Å². The molecular formula is C6H10ClN2O. The monoisotopic (exact) mass is 161 g/mol. The highest BCUT2D eigenvalue weighted by atomic mass is 35.5. The van der Waals surface area contributed by atoms with Crippen LogP contribution in [0.5, 0.6) is 0 Å². The Hall–Kier alpha value is -0.280. The van der Waals surface area contributed by atoms with Gasteiger partial charge in [-0.15, -0.1) is 0 Å². The molecule has 1 rings (SSSR count). The average Bonchev–Trinajstić information content (AvgIpc) is 2.10. The van der Waals surface area contributed by atoms with Crippen molar-refractivity contribution in [3.8, 4) is 0 Å². The van der Waals surface area contributed by atoms with E-state index in [1.165, 1.54) is 0 Å². The van der Waals surface area contributed by atoms with E-state index in [0.29, 0.717) is 12.3 Å². The number of amidine groups is 1. The van der Waals surface area contributed by atoms with Crippen molar-refractivity contribution in [2.75, 3.05) is 0 Å². The Balaban J connectivity index is 2.77. The van der Waals surface area contributed by atoms with Crippen molar-refractivity contribution in [2.24, 2.45) is 4.51 Å². The van der Waals surface area contributed by atoms with E-state index in [1.807, 2.05) is 13.8 Å². The van der Waals surface area contributed by atoms with Gasteiger partial charge >= 0.3 is 0 Å². The average molecular weight is 162 g/mol. The predicted octanol–water partition coefficient (Wildman–Crippen LogP) is 1.76. The van der Waals surface area contributed by atoms with E-state index in [4.69, 9.17) is 11.8 Å². The molecule has 0 aliphatic carbocycles. The van der Waals surface area contributed by atoms with E-state index in [2.05, 4.69) is 4.51 Å². The standard InChI is InChI=1S/C6H10ClN2O/c1-6(2)4-3-5(8-7)9(6)10/h3-4H2,1-2H3/b8-5+. The van der Waals surface area contributed by atoms with Gasteiger partial charge < -0.3 is 0 Å². The maximum Gasteiger partial charge on any atom is 0.147 e. The molecule has 0 aromatic rings. The van der Waals surface area contributed by atoms with Gasteiger partial charge in [0.2, 0.25) is 0 Å². The fraction of sp³-hybridized carbons (Fsp3) is 0.833. The zero-order chi connectivity index (χ0) is 7.78. The summed E-state index contributed by atoms with van der Waals surface area (Å²) >= 11 is 5.18. The summed E-state index contributed by atoms with van der Waals surface area (Å²) in [6.45, 7) is 3.77. The lowest BCUT2D eigenvalue weighted by Gasteiger charge is -2.23. The molecule has 0 bridgehead atoms. The molecule has 10 heavy (non-hydrogen) atoms. The lowest BCUT2D eigenvalue weighted by molar-refractivity contribution is -0.143. The fourth-order valence-corrected chi connectivity index (χ4v) is 1.20. The van der Waals surface area contributed by atoms with Gasteiger partial charge in [0.25, 0.3) is 0 Å². The summed E-state index contributed by atoms with van der Waals surface area (Å²) in [5.41, 5.74) is -0.312. The van der Waals surface area contributed by atoms with Gasteiger partial charge in [-0.05, 0) is 20.3 Å². The highest BCUT2D eigenvalue weighted by Crippen LogP contribution is 2.28. The van der Waals surface area contributed by atoms with Crippen molar-refractivity contribution < 1.29 is 5.21 Å². The number of halogens is 1. The number of nitrogens with zero attached hydrogens (tertiary/aromatic N) is 2. The lowest BCUT2D eigenvalue weighted by Crippen LogP contribution is -2.36. The Morgan fingerprint density at radius 2 is 2.30 bits per heavy atom. The molecule has 3 nitrogen and oxygen atoms in total. The maximum absolute atomic E-state index is 11.2. The van der Waals surface area contributed by atoms with E-state index in [-0.39, 0.29) is 5.54 Å². The Labute approximate surface area is 65.4 Å². The zero-order valence-electron chi connectivity index (χ0n) is 6.09. The molecule has 0 N–H and O–H groups in total. The van der Waals surface area contributed by atoms with Crippen LogP contribution in [-0.2, 0) is 5.21 Å². The molecule has 1 heterocycles. The van der Waals surface area contributed by atoms with Crippen molar-refractivity contribution in [3.05, 3.63) is 0 Å². The fourth-order valence-electron chi connectivity index (χ4n) is 1.05. The first-order valence-electron chi connectivity index (χ1n) is 3.23. The maximum atomic E-state index is 11.2. The minimum Gasteiger partial charge on any atom is -0.199 e. The summed E-state index contributed by atoms with van der Waals surface area (Å²) in [5, 5.41) is 12.0. The Bertz CT molecular complexity index is 167. The number of rotatable bonds is 0. The van der Waals surface area contributed by atoms with Gasteiger partial charge in [-0.1, -0.05) is 5.21 Å². The van der Waals surface area contributed by atoms with Crippen LogP contribution >= 0.6 is 11.8 Å². The van der Waals surface area contributed by atoms with E-state index >= 15 is 0 Å². The molecule has 1 saturated heterocycles. The molecular weight excluding hydrogens is 152 g/mol. The molecule has 57 valence electrons. The van der Waals surface area contributed by atoms with Gasteiger partial charge in [-0.3, -0.25) is 0 Å². The zero-order valence-corrected chi connectivity index (χ0v) is 6.85. The van der Waals surface area contributed by atoms with Gasteiger partial charge in [-0.25, -0.2) is 0 Å². The number of hydroxylamine groups is 2. The van der Waals surface area contributed by atoms with Crippen molar-refractivity contribution in [2.45, 2.75) is 32.2 Å². The Morgan fingerprint density at radius 3 is 2.50 bits per heavy atom. The van der Waals surface area contributed by atoms with Gasteiger partial charge in [0.1, 0.15) is 5.84 Å². The van der Waals surface area contributed by atoms with Crippen molar-refractivity contribution >= 4 is 17.6 Å². The van der Waals surface area contributed by atoms with Crippen LogP contribution < -0.4 is 0 Å². The predicted molar refractivity (Wildman–Crippen MR) is 39.1 cm³/mol. The van der Waals surface area contributed by atoms with E-state index in [1.54, 1.807) is 0 Å². The highest BCUT2D eigenvalue weighted by molar-refractivity contribution is 6.19. The van der Waals surface area contributed by atoms with Gasteiger partial charge in [0.05, 0.1) is 5.54 Å². The molecule has 1 radical (unpaired) electrons. The third kappa shape index (κ3) is 1.11. The third-order valence-corrected chi connectivity index (χ3v) is 2.04. The van der Waals surface area contributed by atoms with Crippen LogP contribution in [0.15, 0.2) is 4.51 Å². The van der Waals surface area contributed by atoms with Crippen LogP contribution in [0.3, 0.4) is 0 Å². The first kappa shape index (κ1) is 7.82. The first-order chi connectivity index (χ1) is 4.58. The van der Waals surface area contributed by atoms with E-state index < -0.39 is 0 Å². The number of hydrogen-bond acceptors (Lipinski definition) is 1. The number of hydrogen-bond donors (Lipinski definition) is 0. The molecule has 0 unspecified atom stereocenters. The van der Waals surface area contributed by atoms with Crippen molar-refractivity contribution in [1.29, 1.82) is 0 Å². The van der Waals surface area contributed by atoms with Gasteiger partial charge in [0.15, 0.2) is 0 Å². The second kappa shape index (κ2) is 2.40. The van der Waals surface area contributed by atoms with Gasteiger partial charge in [0, 0.05) is 18.2 Å². The van der Waals surface area contributed by atoms with E-state index in [0.717, 1.165) is 11.5 Å². The summed E-state index contributed by atoms with van der Waals surface area (Å²) in [5.74, 6) is 0.451. The minimum atomic E-state index is -0.312. The molecule has 0 atom stereocenters. The largest absolute Gasteiger partial charge is 0.199 e. The highest BCUT2D eigenvalue weighted by Gasteiger charge is 2.36. The normalized spacial score (nSPS) is 28.0. The molecule has 0 aromatic carbocycles. The van der Waals surface area contributed by atoms with Crippen LogP contribution in [0.4, 0.5) is 0 Å². The first-order valence-corrected chi connectivity index (χ1v) is 3.57. The van der Waals surface area contributed by atoms with Crippen LogP contribution in [0.1, 0.15) is 26.7 Å². The summed E-state index contributed by atoms with van der Waals surface area (Å²) in [6.07, 6.45) is 1.53. The molecule has 4 heteroatoms. The topological polar surface area (TPSA) is 35.5 Å². The van der Waals surface area contributed by atoms with Crippen LogP contribution in [0.25, 0.3) is 0 Å². The smallest absolute Gasteiger partial charge is 0.147 e. The summed E-state index contributed by atoms with van der Waals surface area (Å²) in [4.78, 5) is 0. The molecule has 1 aliphatic rings. The second-order valence-corrected chi connectivity index (χ2v) is 3.28. The van der Waals surface area contributed by atoms with Crippen LogP contribution in [0, 0.1) is 0 Å². The quantitative estimate of drug-likeness (QED) is 0.533. The molecule has 0 saturated carbocycles. The lowest BCUT2D eigenvalue weighted by atomic mass is 10.0. The van der Waals surface area contributed by atoms with E-state index in [9.17, 15) is 5.21 Å². The van der Waals surface area contributed by atoms with Crippen LogP contribution in [0.2, 0.25) is 0 Å². The summed E-state index contributed by atoms with van der Waals surface area (Å²) < 4.78 is 3.37. The SMILES string of the molecule is CC1(C)CC/C(=N\Cl)N1[O]. The second-order valence-electron chi connectivity index (χ2n) is 3.11. The third-order valence-electron chi connectivity index (χ3n) is 1.84. The molecule has 0 spiro atoms. The molecule has 0 amide bonds. The molecule has 0 aromatic heterocycles. The van der Waals surface area contributed by atoms with Crippen LogP contribution in [-0.4, -0.2) is 16.4 Å². The summed E-state index contributed by atoms with van der Waals surface area (Å²) in [7, 11) is 0. The minimum absolute atomic E-state index is 0.312. The molecule has 1 fully saturated rings. The Kier molecular flexibility index (Phi) is 1.88. The molecule has 1 aliphatic heterocycles. The van der Waals surface area contributed by atoms with Crippen molar-refractivity contribution in [3.63, 3.8) is 0 Å². The summed E-state index contributed by atoms with van der Waals surface area (Å²) in [6, 6.07) is 0. The Morgan fingerprint density at radius 1 is 1.70 bits per heavy atom.